The van der Waals surface area contributed by atoms with Crippen LogP contribution in [-0.4, -0.2) is 34.2 Å². The molecule has 1 unspecified atom stereocenters. The third kappa shape index (κ3) is 2.22. The normalized spacial score (nSPS) is 20.6. The van der Waals surface area contributed by atoms with Crippen LogP contribution in [0.2, 0.25) is 0 Å². The average Bonchev–Trinajstić information content (AvgIpc) is 2.81. The Morgan fingerprint density at radius 1 is 1.44 bits per heavy atom. The van der Waals surface area contributed by atoms with E-state index < -0.39 is 0 Å². The van der Waals surface area contributed by atoms with E-state index in [0.29, 0.717) is 5.92 Å². The molecule has 5 nitrogen and oxygen atoms in total. The molecule has 0 aromatic carbocycles. The van der Waals surface area contributed by atoms with Gasteiger partial charge in [-0.3, -0.25) is 0 Å². The zero-order valence-electron chi connectivity index (χ0n) is 10.1. The zero-order chi connectivity index (χ0) is 12.5. The van der Waals surface area contributed by atoms with Crippen molar-refractivity contribution in [2.24, 2.45) is 11.7 Å². The summed E-state index contributed by atoms with van der Waals surface area (Å²) in [7, 11) is 0. The van der Waals surface area contributed by atoms with Crippen LogP contribution in [0.3, 0.4) is 0 Å². The highest BCUT2D eigenvalue weighted by Gasteiger charge is 2.21. The van der Waals surface area contributed by atoms with Gasteiger partial charge in [-0.1, -0.05) is 0 Å². The number of halogens is 1. The standard InChI is InChI=1S/C12H16BrN5/c13-10-3-4-11-15-12(16-18(11)8-10)17-5-1-2-9(6-14)7-17/h3-4,8-9H,1-2,5-7,14H2. The van der Waals surface area contributed by atoms with E-state index in [1.54, 1.807) is 0 Å². The summed E-state index contributed by atoms with van der Waals surface area (Å²) in [4.78, 5) is 6.80. The minimum absolute atomic E-state index is 0.567. The molecule has 18 heavy (non-hydrogen) atoms. The van der Waals surface area contributed by atoms with Gasteiger partial charge in [0.1, 0.15) is 0 Å². The third-order valence-electron chi connectivity index (χ3n) is 3.42. The molecule has 1 fully saturated rings. The molecular weight excluding hydrogens is 294 g/mol. The van der Waals surface area contributed by atoms with Crippen LogP contribution in [0.25, 0.3) is 5.65 Å². The van der Waals surface area contributed by atoms with E-state index in [9.17, 15) is 0 Å². The molecule has 0 amide bonds. The number of aromatic nitrogens is 3. The topological polar surface area (TPSA) is 59.5 Å². The number of hydrogen-bond donors (Lipinski definition) is 1. The summed E-state index contributed by atoms with van der Waals surface area (Å²) in [6, 6.07) is 3.94. The lowest BCUT2D eigenvalue weighted by atomic mass is 9.99. The second kappa shape index (κ2) is 4.85. The first-order chi connectivity index (χ1) is 8.76. The van der Waals surface area contributed by atoms with Gasteiger partial charge in [0.2, 0.25) is 5.95 Å². The maximum Gasteiger partial charge on any atom is 0.245 e. The Kier molecular flexibility index (Phi) is 3.22. The van der Waals surface area contributed by atoms with Crippen LogP contribution >= 0.6 is 15.9 Å². The second-order valence-corrected chi connectivity index (χ2v) is 5.67. The van der Waals surface area contributed by atoms with Crippen molar-refractivity contribution in [1.82, 2.24) is 14.6 Å². The lowest BCUT2D eigenvalue weighted by Crippen LogP contribution is -2.39. The Morgan fingerprint density at radius 2 is 2.33 bits per heavy atom. The predicted octanol–water partition coefficient (Wildman–Crippen LogP) is 1.67. The third-order valence-corrected chi connectivity index (χ3v) is 3.89. The van der Waals surface area contributed by atoms with Gasteiger partial charge in [0, 0.05) is 23.8 Å². The van der Waals surface area contributed by atoms with Crippen molar-refractivity contribution in [1.29, 1.82) is 0 Å². The molecule has 96 valence electrons. The van der Waals surface area contributed by atoms with Gasteiger partial charge in [-0.2, -0.15) is 4.98 Å². The monoisotopic (exact) mass is 309 g/mol. The van der Waals surface area contributed by atoms with Crippen LogP contribution in [0.5, 0.6) is 0 Å². The van der Waals surface area contributed by atoms with Crippen LogP contribution in [0, 0.1) is 5.92 Å². The van der Waals surface area contributed by atoms with Crippen LogP contribution < -0.4 is 10.6 Å². The number of nitrogens with two attached hydrogens (primary N) is 1. The van der Waals surface area contributed by atoms with Crippen LogP contribution in [-0.2, 0) is 0 Å². The van der Waals surface area contributed by atoms with Gasteiger partial charge in [0.05, 0.1) is 0 Å². The van der Waals surface area contributed by atoms with Crippen molar-refractivity contribution in [3.8, 4) is 0 Å². The Balaban J connectivity index is 1.89. The summed E-state index contributed by atoms with van der Waals surface area (Å²) in [5, 5.41) is 4.53. The van der Waals surface area contributed by atoms with Gasteiger partial charge in [0.25, 0.3) is 0 Å². The fourth-order valence-electron chi connectivity index (χ4n) is 2.42. The number of fused-ring (bicyclic) bond motifs is 1. The lowest BCUT2D eigenvalue weighted by molar-refractivity contribution is 0.419. The molecule has 1 aliphatic heterocycles. The van der Waals surface area contributed by atoms with E-state index in [4.69, 9.17) is 5.73 Å². The van der Waals surface area contributed by atoms with Gasteiger partial charge < -0.3 is 10.6 Å². The Hall–Kier alpha value is -1.14. The molecule has 0 radical (unpaired) electrons. The van der Waals surface area contributed by atoms with Crippen molar-refractivity contribution in [2.45, 2.75) is 12.8 Å². The Morgan fingerprint density at radius 3 is 3.17 bits per heavy atom. The van der Waals surface area contributed by atoms with E-state index in [-0.39, 0.29) is 0 Å². The molecule has 0 saturated carbocycles. The van der Waals surface area contributed by atoms with Crippen molar-refractivity contribution in [3.05, 3.63) is 22.8 Å². The largest absolute Gasteiger partial charge is 0.339 e. The molecule has 0 bridgehead atoms. The smallest absolute Gasteiger partial charge is 0.245 e. The molecule has 3 rings (SSSR count). The molecule has 6 heteroatoms. The lowest BCUT2D eigenvalue weighted by Gasteiger charge is -2.31. The van der Waals surface area contributed by atoms with Crippen LogP contribution in [0.15, 0.2) is 22.8 Å². The fraction of sp³-hybridized carbons (Fsp3) is 0.500. The number of anilines is 1. The minimum Gasteiger partial charge on any atom is -0.339 e. The van der Waals surface area contributed by atoms with Gasteiger partial charge in [-0.05, 0) is 53.4 Å². The van der Waals surface area contributed by atoms with E-state index in [0.717, 1.165) is 35.7 Å². The van der Waals surface area contributed by atoms with Crippen molar-refractivity contribution < 1.29 is 0 Å². The summed E-state index contributed by atoms with van der Waals surface area (Å²) in [6.45, 7) is 2.73. The molecule has 2 N–H and O–H groups in total. The molecule has 2 aromatic rings. The first kappa shape index (κ1) is 11.9. The summed E-state index contributed by atoms with van der Waals surface area (Å²) in [5.41, 5.74) is 6.64. The maximum absolute atomic E-state index is 5.76. The number of nitrogens with zero attached hydrogens (tertiary/aromatic N) is 4. The Labute approximate surface area is 114 Å². The average molecular weight is 310 g/mol. The number of pyridine rings is 1. The quantitative estimate of drug-likeness (QED) is 0.916. The van der Waals surface area contributed by atoms with Crippen LogP contribution in [0.1, 0.15) is 12.8 Å². The van der Waals surface area contributed by atoms with E-state index in [1.807, 2.05) is 22.8 Å². The molecule has 0 spiro atoms. The van der Waals surface area contributed by atoms with E-state index >= 15 is 0 Å². The summed E-state index contributed by atoms with van der Waals surface area (Å²) in [5.74, 6) is 1.38. The Bertz CT molecular complexity index is 552. The maximum atomic E-state index is 5.76. The molecule has 1 saturated heterocycles. The van der Waals surface area contributed by atoms with Gasteiger partial charge in [-0.15, -0.1) is 5.10 Å². The summed E-state index contributed by atoms with van der Waals surface area (Å²) >= 11 is 3.44. The van der Waals surface area contributed by atoms with Gasteiger partial charge >= 0.3 is 0 Å². The first-order valence-corrected chi connectivity index (χ1v) is 7.02. The van der Waals surface area contributed by atoms with Gasteiger partial charge in [-0.25, -0.2) is 4.52 Å². The molecule has 1 aliphatic rings. The summed E-state index contributed by atoms with van der Waals surface area (Å²) < 4.78 is 2.82. The fourth-order valence-corrected chi connectivity index (χ4v) is 2.75. The molecule has 3 heterocycles. The van der Waals surface area contributed by atoms with Crippen LogP contribution in [0.4, 0.5) is 5.95 Å². The molecule has 2 aromatic heterocycles. The summed E-state index contributed by atoms with van der Waals surface area (Å²) in [6.07, 6.45) is 4.31. The molecular formula is C12H16BrN5. The molecule has 0 aliphatic carbocycles. The van der Waals surface area contributed by atoms with Crippen molar-refractivity contribution >= 4 is 27.5 Å². The SMILES string of the molecule is NCC1CCCN(c2nc3ccc(Br)cn3n2)C1. The minimum atomic E-state index is 0.567. The number of piperidine rings is 1. The predicted molar refractivity (Wildman–Crippen MR) is 74.7 cm³/mol. The first-order valence-electron chi connectivity index (χ1n) is 6.23. The highest BCUT2D eigenvalue weighted by atomic mass is 79.9. The number of rotatable bonds is 2. The zero-order valence-corrected chi connectivity index (χ0v) is 11.7. The highest BCUT2D eigenvalue weighted by molar-refractivity contribution is 9.10. The highest BCUT2D eigenvalue weighted by Crippen LogP contribution is 2.21. The van der Waals surface area contributed by atoms with E-state index in [2.05, 4.69) is 30.9 Å². The second-order valence-electron chi connectivity index (χ2n) is 4.75. The van der Waals surface area contributed by atoms with E-state index in [1.165, 1.54) is 12.8 Å². The number of hydrogen-bond acceptors (Lipinski definition) is 4. The van der Waals surface area contributed by atoms with Crippen molar-refractivity contribution in [2.75, 3.05) is 24.5 Å². The molecule has 1 atom stereocenters. The van der Waals surface area contributed by atoms with Crippen molar-refractivity contribution in [3.63, 3.8) is 0 Å². The van der Waals surface area contributed by atoms with Gasteiger partial charge in [0.15, 0.2) is 5.65 Å².